The number of hydrogen-bond donors (Lipinski definition) is 2. The molecule has 0 bridgehead atoms. The topological polar surface area (TPSA) is 93.8 Å². The lowest BCUT2D eigenvalue weighted by atomic mass is 10.2. The van der Waals surface area contributed by atoms with Crippen LogP contribution in [0.5, 0.6) is 0 Å². The molecule has 8 nitrogen and oxygen atoms in total. The number of fused-ring (bicyclic) bond motifs is 1. The van der Waals surface area contributed by atoms with E-state index in [-0.39, 0.29) is 35.3 Å². The van der Waals surface area contributed by atoms with Crippen molar-refractivity contribution in [3.05, 3.63) is 111 Å². The van der Waals surface area contributed by atoms with Crippen molar-refractivity contribution >= 4 is 51.6 Å². The van der Waals surface area contributed by atoms with E-state index in [9.17, 15) is 9.59 Å². The number of nitrogens with zero attached hydrogens (tertiary/aromatic N) is 4. The van der Waals surface area contributed by atoms with Gasteiger partial charge in [0, 0.05) is 23.8 Å². The molecule has 0 saturated carbocycles. The summed E-state index contributed by atoms with van der Waals surface area (Å²) in [5, 5.41) is 11.8. The van der Waals surface area contributed by atoms with Crippen molar-refractivity contribution in [1.82, 2.24) is 24.6 Å². The standard InChI is InChI=1S/C27H22Cl2N6O2/c1-17-23(24(29)35(33-17)20-13-11-18(28)12-14-20)25(36)30-15-16-34-26(37)21-9-5-6-10-22(21)32-27(34)31-19-7-3-2-4-8-19/h2-14H,15-16H2,1H3,(H,30,36)(H,31,32). The van der Waals surface area contributed by atoms with Crippen molar-refractivity contribution in [1.29, 1.82) is 0 Å². The van der Waals surface area contributed by atoms with Crippen molar-refractivity contribution in [2.45, 2.75) is 13.5 Å². The van der Waals surface area contributed by atoms with Gasteiger partial charge in [0.2, 0.25) is 5.95 Å². The van der Waals surface area contributed by atoms with Crippen LogP contribution >= 0.6 is 23.2 Å². The molecular formula is C27H22Cl2N6O2. The van der Waals surface area contributed by atoms with Gasteiger partial charge in [0.1, 0.15) is 5.15 Å². The molecule has 0 unspecified atom stereocenters. The van der Waals surface area contributed by atoms with Crippen molar-refractivity contribution in [2.75, 3.05) is 11.9 Å². The predicted molar refractivity (Wildman–Crippen MR) is 146 cm³/mol. The highest BCUT2D eigenvalue weighted by molar-refractivity contribution is 6.33. The fourth-order valence-electron chi connectivity index (χ4n) is 4.00. The predicted octanol–water partition coefficient (Wildman–Crippen LogP) is 5.37. The van der Waals surface area contributed by atoms with Crippen LogP contribution < -0.4 is 16.2 Å². The molecule has 0 radical (unpaired) electrons. The van der Waals surface area contributed by atoms with Gasteiger partial charge in [-0.3, -0.25) is 14.2 Å². The molecule has 2 aromatic heterocycles. The number of halogens is 2. The molecule has 0 aliphatic carbocycles. The summed E-state index contributed by atoms with van der Waals surface area (Å²) in [4.78, 5) is 31.0. The van der Waals surface area contributed by atoms with Crippen molar-refractivity contribution < 1.29 is 4.79 Å². The minimum Gasteiger partial charge on any atom is -0.350 e. The van der Waals surface area contributed by atoms with Crippen LogP contribution in [0.2, 0.25) is 10.2 Å². The van der Waals surface area contributed by atoms with Gasteiger partial charge in [-0.05, 0) is 55.5 Å². The van der Waals surface area contributed by atoms with Crippen molar-refractivity contribution in [3.63, 3.8) is 0 Å². The number of aryl methyl sites for hydroxylation is 1. The van der Waals surface area contributed by atoms with E-state index in [2.05, 4.69) is 20.7 Å². The largest absolute Gasteiger partial charge is 0.350 e. The van der Waals surface area contributed by atoms with Crippen LogP contribution in [0.25, 0.3) is 16.6 Å². The summed E-state index contributed by atoms with van der Waals surface area (Å²) in [5.41, 5.74) is 2.60. The zero-order valence-electron chi connectivity index (χ0n) is 19.8. The van der Waals surface area contributed by atoms with E-state index in [1.165, 1.54) is 9.25 Å². The molecule has 5 rings (SSSR count). The Kier molecular flexibility index (Phi) is 6.94. The first kappa shape index (κ1) is 24.5. The summed E-state index contributed by atoms with van der Waals surface area (Å²) >= 11 is 12.5. The molecule has 2 heterocycles. The first-order valence-electron chi connectivity index (χ1n) is 11.5. The lowest BCUT2D eigenvalue weighted by Gasteiger charge is -2.15. The van der Waals surface area contributed by atoms with Gasteiger partial charge in [-0.25, -0.2) is 9.67 Å². The van der Waals surface area contributed by atoms with Gasteiger partial charge >= 0.3 is 0 Å². The van der Waals surface area contributed by atoms with Crippen LogP contribution in [0.4, 0.5) is 11.6 Å². The number of para-hydroxylation sites is 2. The van der Waals surface area contributed by atoms with Crippen LogP contribution in [-0.2, 0) is 6.54 Å². The Morgan fingerprint density at radius 1 is 0.946 bits per heavy atom. The minimum absolute atomic E-state index is 0.171. The van der Waals surface area contributed by atoms with Gasteiger partial charge < -0.3 is 10.6 Å². The van der Waals surface area contributed by atoms with E-state index in [1.54, 1.807) is 49.4 Å². The molecule has 186 valence electrons. The number of anilines is 2. The van der Waals surface area contributed by atoms with Crippen LogP contribution in [0, 0.1) is 6.92 Å². The molecule has 0 saturated heterocycles. The molecule has 3 aromatic carbocycles. The molecule has 37 heavy (non-hydrogen) atoms. The van der Waals surface area contributed by atoms with Crippen LogP contribution in [0.15, 0.2) is 83.7 Å². The van der Waals surface area contributed by atoms with E-state index in [1.807, 2.05) is 36.4 Å². The normalized spacial score (nSPS) is 11.0. The highest BCUT2D eigenvalue weighted by Crippen LogP contribution is 2.24. The van der Waals surface area contributed by atoms with Gasteiger partial charge in [0.25, 0.3) is 11.5 Å². The Balaban J connectivity index is 1.38. The number of nitrogens with one attached hydrogen (secondary N) is 2. The van der Waals surface area contributed by atoms with Gasteiger partial charge in [0.05, 0.1) is 27.8 Å². The molecule has 5 aromatic rings. The summed E-state index contributed by atoms with van der Waals surface area (Å²) in [5.74, 6) is -0.00370. The monoisotopic (exact) mass is 532 g/mol. The minimum atomic E-state index is -0.387. The Morgan fingerprint density at radius 3 is 2.41 bits per heavy atom. The zero-order valence-corrected chi connectivity index (χ0v) is 21.3. The molecule has 0 atom stereocenters. The number of amides is 1. The number of rotatable bonds is 7. The molecular weight excluding hydrogens is 511 g/mol. The average Bonchev–Trinajstić information content (AvgIpc) is 3.20. The van der Waals surface area contributed by atoms with Crippen molar-refractivity contribution in [2.24, 2.45) is 0 Å². The fourth-order valence-corrected chi connectivity index (χ4v) is 4.49. The maximum atomic E-state index is 13.3. The van der Waals surface area contributed by atoms with Gasteiger partial charge in [-0.15, -0.1) is 0 Å². The zero-order chi connectivity index (χ0) is 25.9. The molecule has 0 spiro atoms. The second kappa shape index (κ2) is 10.5. The van der Waals surface area contributed by atoms with E-state index in [0.29, 0.717) is 33.3 Å². The van der Waals surface area contributed by atoms with Gasteiger partial charge in [-0.2, -0.15) is 5.10 Å². The van der Waals surface area contributed by atoms with Crippen LogP contribution in [0.3, 0.4) is 0 Å². The SMILES string of the molecule is Cc1nn(-c2ccc(Cl)cc2)c(Cl)c1C(=O)NCCn1c(Nc2ccccc2)nc2ccccc2c1=O. The first-order valence-corrected chi connectivity index (χ1v) is 12.3. The third-order valence-electron chi connectivity index (χ3n) is 5.81. The van der Waals surface area contributed by atoms with Gasteiger partial charge in [-0.1, -0.05) is 53.5 Å². The fraction of sp³-hybridized carbons (Fsp3) is 0.111. The highest BCUT2D eigenvalue weighted by Gasteiger charge is 2.21. The van der Waals surface area contributed by atoms with Crippen LogP contribution in [-0.4, -0.2) is 31.8 Å². The molecule has 10 heteroatoms. The Bertz CT molecular complexity index is 1650. The quantitative estimate of drug-likeness (QED) is 0.294. The van der Waals surface area contributed by atoms with E-state index in [0.717, 1.165) is 5.69 Å². The van der Waals surface area contributed by atoms with E-state index >= 15 is 0 Å². The maximum Gasteiger partial charge on any atom is 0.262 e. The average molecular weight is 533 g/mol. The number of benzene rings is 3. The Labute approximate surface area is 222 Å². The number of carbonyl (C=O) groups excluding carboxylic acids is 1. The summed E-state index contributed by atoms with van der Waals surface area (Å²) in [6.45, 7) is 2.08. The second-order valence-corrected chi connectivity index (χ2v) is 9.09. The van der Waals surface area contributed by atoms with E-state index < -0.39 is 0 Å². The summed E-state index contributed by atoms with van der Waals surface area (Å²) in [6.07, 6.45) is 0. The van der Waals surface area contributed by atoms with Crippen LogP contribution in [0.1, 0.15) is 16.1 Å². The third kappa shape index (κ3) is 5.07. The Hall–Kier alpha value is -4.14. The molecule has 0 fully saturated rings. The summed E-state index contributed by atoms with van der Waals surface area (Å²) in [7, 11) is 0. The lowest BCUT2D eigenvalue weighted by molar-refractivity contribution is 0.0951. The lowest BCUT2D eigenvalue weighted by Crippen LogP contribution is -2.32. The third-order valence-corrected chi connectivity index (χ3v) is 6.42. The van der Waals surface area contributed by atoms with Crippen molar-refractivity contribution in [3.8, 4) is 5.69 Å². The summed E-state index contributed by atoms with van der Waals surface area (Å²) < 4.78 is 3.00. The molecule has 2 N–H and O–H groups in total. The van der Waals surface area contributed by atoms with Gasteiger partial charge in [0.15, 0.2) is 0 Å². The molecule has 1 amide bonds. The molecule has 0 aliphatic heterocycles. The molecule has 0 aliphatic rings. The number of hydrogen-bond acceptors (Lipinski definition) is 5. The van der Waals surface area contributed by atoms with E-state index in [4.69, 9.17) is 23.2 Å². The maximum absolute atomic E-state index is 13.3. The second-order valence-electron chi connectivity index (χ2n) is 8.30. The number of carbonyl (C=O) groups is 1. The number of aromatic nitrogens is 4. The Morgan fingerprint density at radius 2 is 1.65 bits per heavy atom. The highest BCUT2D eigenvalue weighted by atomic mass is 35.5. The first-order chi connectivity index (χ1) is 17.9. The summed E-state index contributed by atoms with van der Waals surface area (Å²) in [6, 6.07) is 23.6. The smallest absolute Gasteiger partial charge is 0.262 e.